The van der Waals surface area contributed by atoms with Crippen molar-refractivity contribution in [2.24, 2.45) is 5.92 Å². The van der Waals surface area contributed by atoms with Gasteiger partial charge in [0.15, 0.2) is 0 Å². The van der Waals surface area contributed by atoms with E-state index in [-0.39, 0.29) is 25.1 Å². The van der Waals surface area contributed by atoms with Crippen LogP contribution in [-0.4, -0.2) is 25.0 Å². The van der Waals surface area contributed by atoms with Gasteiger partial charge < -0.3 is 15.4 Å². The van der Waals surface area contributed by atoms with E-state index in [4.69, 9.17) is 4.74 Å². The van der Waals surface area contributed by atoms with Crippen molar-refractivity contribution >= 4 is 17.6 Å². The summed E-state index contributed by atoms with van der Waals surface area (Å²) < 4.78 is 5.03. The second kappa shape index (κ2) is 9.73. The Kier molecular flexibility index (Phi) is 7.36. The summed E-state index contributed by atoms with van der Waals surface area (Å²) in [7, 11) is 0. The monoisotopic (exact) mass is 354 g/mol. The normalized spacial score (nSPS) is 11.8. The minimum Gasteiger partial charge on any atom is -0.462 e. The van der Waals surface area contributed by atoms with Crippen molar-refractivity contribution in [1.82, 2.24) is 5.32 Å². The van der Waals surface area contributed by atoms with Crippen molar-refractivity contribution in [3.63, 3.8) is 0 Å². The topological polar surface area (TPSA) is 67.4 Å². The molecule has 0 aliphatic carbocycles. The highest BCUT2D eigenvalue weighted by Crippen LogP contribution is 2.21. The first-order chi connectivity index (χ1) is 12.5. The van der Waals surface area contributed by atoms with E-state index in [0.717, 1.165) is 5.56 Å². The van der Waals surface area contributed by atoms with Crippen LogP contribution in [0.5, 0.6) is 0 Å². The summed E-state index contributed by atoms with van der Waals surface area (Å²) in [5.41, 5.74) is 1.95. The number of hydrogen-bond donors (Lipinski definition) is 2. The van der Waals surface area contributed by atoms with E-state index < -0.39 is 5.97 Å². The zero-order valence-electron chi connectivity index (χ0n) is 15.5. The average Bonchev–Trinajstić information content (AvgIpc) is 2.63. The van der Waals surface area contributed by atoms with Crippen LogP contribution in [0.25, 0.3) is 0 Å². The molecular weight excluding hydrogens is 328 g/mol. The van der Waals surface area contributed by atoms with Gasteiger partial charge in [0, 0.05) is 6.04 Å². The number of benzene rings is 2. The summed E-state index contributed by atoms with van der Waals surface area (Å²) in [6.07, 6.45) is 0. The van der Waals surface area contributed by atoms with Crippen molar-refractivity contribution < 1.29 is 14.3 Å². The number of carbonyl (C=O) groups excluding carboxylic acids is 2. The molecule has 0 aromatic heterocycles. The molecule has 0 aliphatic rings. The predicted molar refractivity (Wildman–Crippen MR) is 103 cm³/mol. The Hall–Kier alpha value is -2.66. The summed E-state index contributed by atoms with van der Waals surface area (Å²) in [5.74, 6) is -0.318. The molecule has 138 valence electrons. The molecule has 0 aliphatic heterocycles. The maximum atomic E-state index is 12.4. The maximum Gasteiger partial charge on any atom is 0.340 e. The Morgan fingerprint density at radius 3 is 2.31 bits per heavy atom. The first kappa shape index (κ1) is 19.7. The van der Waals surface area contributed by atoms with E-state index in [1.54, 1.807) is 31.2 Å². The number of para-hydroxylation sites is 1. The van der Waals surface area contributed by atoms with Crippen LogP contribution in [0.3, 0.4) is 0 Å². The lowest BCUT2D eigenvalue weighted by Gasteiger charge is -2.23. The molecule has 1 atom stereocenters. The average molecular weight is 354 g/mol. The van der Waals surface area contributed by atoms with E-state index in [9.17, 15) is 9.59 Å². The zero-order chi connectivity index (χ0) is 18.9. The van der Waals surface area contributed by atoms with E-state index in [0.29, 0.717) is 17.2 Å². The Balaban J connectivity index is 2.02. The number of amides is 1. The highest BCUT2D eigenvalue weighted by molar-refractivity contribution is 6.01. The van der Waals surface area contributed by atoms with Gasteiger partial charge in [-0.05, 0) is 30.5 Å². The van der Waals surface area contributed by atoms with Gasteiger partial charge >= 0.3 is 5.97 Å². The number of carbonyl (C=O) groups is 2. The fourth-order valence-electron chi connectivity index (χ4n) is 2.77. The van der Waals surface area contributed by atoms with Crippen LogP contribution in [-0.2, 0) is 9.53 Å². The largest absolute Gasteiger partial charge is 0.462 e. The maximum absolute atomic E-state index is 12.4. The van der Waals surface area contributed by atoms with Crippen LogP contribution >= 0.6 is 0 Å². The van der Waals surface area contributed by atoms with Crippen LogP contribution in [0, 0.1) is 5.92 Å². The second-order valence-corrected chi connectivity index (χ2v) is 6.33. The summed E-state index contributed by atoms with van der Waals surface area (Å²) in [6.45, 7) is 6.40. The number of nitrogens with one attached hydrogen (secondary N) is 2. The molecule has 2 aromatic rings. The third-order valence-corrected chi connectivity index (χ3v) is 4.00. The molecule has 2 N–H and O–H groups in total. The van der Waals surface area contributed by atoms with Gasteiger partial charge in [-0.1, -0.05) is 56.3 Å². The number of esters is 1. The fraction of sp³-hybridized carbons (Fsp3) is 0.333. The third kappa shape index (κ3) is 5.43. The molecule has 5 heteroatoms. The Labute approximate surface area is 154 Å². The molecule has 0 heterocycles. The molecule has 0 saturated carbocycles. The quantitative estimate of drug-likeness (QED) is 0.708. The first-order valence-corrected chi connectivity index (χ1v) is 8.87. The second-order valence-electron chi connectivity index (χ2n) is 6.33. The lowest BCUT2D eigenvalue weighted by Crippen LogP contribution is -2.34. The van der Waals surface area contributed by atoms with Crippen molar-refractivity contribution in [2.75, 3.05) is 18.5 Å². The van der Waals surface area contributed by atoms with Gasteiger partial charge in [-0.25, -0.2) is 4.79 Å². The van der Waals surface area contributed by atoms with Crippen molar-refractivity contribution in [3.05, 3.63) is 65.7 Å². The van der Waals surface area contributed by atoms with Crippen LogP contribution in [0.4, 0.5) is 5.69 Å². The van der Waals surface area contributed by atoms with Gasteiger partial charge in [0.25, 0.3) is 0 Å². The third-order valence-electron chi connectivity index (χ3n) is 4.00. The van der Waals surface area contributed by atoms with Gasteiger partial charge in [0.1, 0.15) is 0 Å². The Morgan fingerprint density at radius 2 is 1.65 bits per heavy atom. The lowest BCUT2D eigenvalue weighted by atomic mass is 9.96. The van der Waals surface area contributed by atoms with Crippen molar-refractivity contribution in [1.29, 1.82) is 0 Å². The van der Waals surface area contributed by atoms with Gasteiger partial charge in [0.05, 0.1) is 24.4 Å². The molecule has 0 radical (unpaired) electrons. The van der Waals surface area contributed by atoms with Gasteiger partial charge in [-0.2, -0.15) is 0 Å². The lowest BCUT2D eigenvalue weighted by molar-refractivity contribution is -0.115. The molecule has 0 saturated heterocycles. The van der Waals surface area contributed by atoms with Gasteiger partial charge in [0.2, 0.25) is 5.91 Å². The summed E-state index contributed by atoms with van der Waals surface area (Å²) in [5, 5.41) is 6.09. The minimum absolute atomic E-state index is 0.0715. The SMILES string of the molecule is CCOC(=O)c1ccccc1NC(=O)CN[C@@H](c1ccccc1)C(C)C. The van der Waals surface area contributed by atoms with E-state index in [1.807, 2.05) is 30.3 Å². The van der Waals surface area contributed by atoms with Crippen molar-refractivity contribution in [2.45, 2.75) is 26.8 Å². The molecule has 0 fully saturated rings. The first-order valence-electron chi connectivity index (χ1n) is 8.87. The molecule has 0 bridgehead atoms. The van der Waals surface area contributed by atoms with E-state index >= 15 is 0 Å². The summed E-state index contributed by atoms with van der Waals surface area (Å²) in [6, 6.07) is 17.0. The summed E-state index contributed by atoms with van der Waals surface area (Å²) >= 11 is 0. The summed E-state index contributed by atoms with van der Waals surface area (Å²) in [4.78, 5) is 24.4. The molecular formula is C21H26N2O3. The highest BCUT2D eigenvalue weighted by Gasteiger charge is 2.18. The highest BCUT2D eigenvalue weighted by atomic mass is 16.5. The molecule has 2 rings (SSSR count). The fourth-order valence-corrected chi connectivity index (χ4v) is 2.77. The Bertz CT molecular complexity index is 729. The zero-order valence-corrected chi connectivity index (χ0v) is 15.5. The molecule has 0 spiro atoms. The van der Waals surface area contributed by atoms with Crippen molar-refractivity contribution in [3.8, 4) is 0 Å². The van der Waals surface area contributed by atoms with Crippen LogP contribution in [0.1, 0.15) is 42.7 Å². The van der Waals surface area contributed by atoms with Gasteiger partial charge in [-0.15, -0.1) is 0 Å². The standard InChI is InChI=1S/C21H26N2O3/c1-4-26-21(25)17-12-8-9-13-18(17)23-19(24)14-22-20(15(2)3)16-10-6-5-7-11-16/h5-13,15,20,22H,4,14H2,1-3H3,(H,23,24)/t20-/m1/s1. The predicted octanol–water partition coefficient (Wildman–Crippen LogP) is 3.79. The molecule has 26 heavy (non-hydrogen) atoms. The number of anilines is 1. The molecule has 5 nitrogen and oxygen atoms in total. The smallest absolute Gasteiger partial charge is 0.340 e. The van der Waals surface area contributed by atoms with E-state index in [1.165, 1.54) is 0 Å². The number of hydrogen-bond acceptors (Lipinski definition) is 4. The number of rotatable bonds is 8. The van der Waals surface area contributed by atoms with E-state index in [2.05, 4.69) is 24.5 Å². The number of ether oxygens (including phenoxy) is 1. The van der Waals surface area contributed by atoms with Gasteiger partial charge in [-0.3, -0.25) is 4.79 Å². The minimum atomic E-state index is -0.444. The molecule has 1 amide bonds. The molecule has 2 aromatic carbocycles. The van der Waals surface area contributed by atoms with Crippen LogP contribution in [0.15, 0.2) is 54.6 Å². The van der Waals surface area contributed by atoms with Crippen LogP contribution < -0.4 is 10.6 Å². The molecule has 0 unspecified atom stereocenters. The Morgan fingerprint density at radius 1 is 1.00 bits per heavy atom. The van der Waals surface area contributed by atoms with Crippen LogP contribution in [0.2, 0.25) is 0 Å².